The SMILES string of the molecule is COc1cc(F)c(Cl)c2[nH]c(C(=O)C[C@@H](CC3CC3)C(=O)N[C@H](C#N)C[C@@H]3CC(C)(C)NC3=O)cc12. The lowest BCUT2D eigenvalue weighted by atomic mass is 9.90. The predicted octanol–water partition coefficient (Wildman–Crippen LogP) is 4.27. The number of aromatic nitrogens is 1. The molecule has 3 N–H and O–H groups in total. The first-order valence-electron chi connectivity index (χ1n) is 12.1. The molecule has 1 saturated heterocycles. The molecular weight excluding hydrogens is 487 g/mol. The minimum atomic E-state index is -0.835. The van der Waals surface area contributed by atoms with Gasteiger partial charge < -0.3 is 20.4 Å². The van der Waals surface area contributed by atoms with E-state index in [-0.39, 0.29) is 63.9 Å². The van der Waals surface area contributed by atoms with Crippen molar-refractivity contribution in [3.8, 4) is 11.8 Å². The number of nitrogens with one attached hydrogen (secondary N) is 3. The van der Waals surface area contributed by atoms with Crippen LogP contribution in [0.1, 0.15) is 62.9 Å². The van der Waals surface area contributed by atoms with Crippen LogP contribution in [0, 0.1) is 34.9 Å². The van der Waals surface area contributed by atoms with Crippen molar-refractivity contribution < 1.29 is 23.5 Å². The summed E-state index contributed by atoms with van der Waals surface area (Å²) in [5.74, 6) is -1.88. The average Bonchev–Trinajstić information content (AvgIpc) is 3.45. The zero-order valence-electron chi connectivity index (χ0n) is 20.5. The van der Waals surface area contributed by atoms with Crippen LogP contribution < -0.4 is 15.4 Å². The second kappa shape index (κ2) is 10.1. The Hall–Kier alpha value is -3.12. The molecule has 0 unspecified atom stereocenters. The highest BCUT2D eigenvalue weighted by Gasteiger charge is 2.39. The normalized spacial score (nSPS) is 20.4. The maximum absolute atomic E-state index is 14.1. The number of hydrogen-bond donors (Lipinski definition) is 3. The van der Waals surface area contributed by atoms with E-state index < -0.39 is 17.8 Å². The molecule has 2 fully saturated rings. The molecule has 2 aromatic rings. The van der Waals surface area contributed by atoms with Gasteiger partial charge in [0.1, 0.15) is 22.6 Å². The van der Waals surface area contributed by atoms with Crippen LogP contribution in [0.15, 0.2) is 12.1 Å². The standard InChI is InChI=1S/C26H30ClFN4O4/c1-26(2)11-15(25(35)32-26)7-16(12-29)30-24(34)14(6-13-4-5-13)8-20(33)19-9-17-21(36-3)10-18(28)22(27)23(17)31-19/h9-10,13-16,31H,4-8,11H2,1-3H3,(H,30,34)(H,32,35)/t14-,15-,16+/m1/s1. The number of carbonyl (C=O) groups is 3. The summed E-state index contributed by atoms with van der Waals surface area (Å²) >= 11 is 6.08. The molecule has 36 heavy (non-hydrogen) atoms. The summed E-state index contributed by atoms with van der Waals surface area (Å²) in [7, 11) is 1.40. The lowest BCUT2D eigenvalue weighted by Gasteiger charge is -2.20. The van der Waals surface area contributed by atoms with Gasteiger partial charge in [-0.3, -0.25) is 14.4 Å². The molecule has 1 aromatic carbocycles. The third-order valence-corrected chi connectivity index (χ3v) is 7.36. The Bertz CT molecular complexity index is 1250. The van der Waals surface area contributed by atoms with Crippen molar-refractivity contribution in [2.45, 2.75) is 64.0 Å². The van der Waals surface area contributed by atoms with Crippen molar-refractivity contribution in [3.63, 3.8) is 0 Å². The van der Waals surface area contributed by atoms with E-state index in [1.54, 1.807) is 6.07 Å². The first-order chi connectivity index (χ1) is 17.0. The molecule has 0 bridgehead atoms. The smallest absolute Gasteiger partial charge is 0.224 e. The Morgan fingerprint density at radius 2 is 2.06 bits per heavy atom. The number of H-pyrrole nitrogens is 1. The number of aromatic amines is 1. The highest BCUT2D eigenvalue weighted by atomic mass is 35.5. The number of nitrogens with zero attached hydrogens (tertiary/aromatic N) is 1. The molecule has 0 radical (unpaired) electrons. The lowest BCUT2D eigenvalue weighted by Crippen LogP contribution is -2.40. The van der Waals surface area contributed by atoms with E-state index in [2.05, 4.69) is 21.7 Å². The molecule has 10 heteroatoms. The van der Waals surface area contributed by atoms with Crippen LogP contribution >= 0.6 is 11.6 Å². The Balaban J connectivity index is 1.48. The number of fused-ring (bicyclic) bond motifs is 1. The Kier molecular flexibility index (Phi) is 7.28. The summed E-state index contributed by atoms with van der Waals surface area (Å²) in [4.78, 5) is 41.5. The number of methoxy groups -OCH3 is 1. The molecule has 2 amide bonds. The molecule has 0 spiro atoms. The second-order valence-electron chi connectivity index (χ2n) is 10.5. The number of ether oxygens (including phenoxy) is 1. The fraction of sp³-hybridized carbons (Fsp3) is 0.538. The first-order valence-corrected chi connectivity index (χ1v) is 12.5. The van der Waals surface area contributed by atoms with Gasteiger partial charge in [0.2, 0.25) is 11.8 Å². The molecule has 192 valence electrons. The number of rotatable bonds is 10. The lowest BCUT2D eigenvalue weighted by molar-refractivity contribution is -0.127. The molecule has 1 aliphatic heterocycles. The molecular formula is C26H30ClFN4O4. The van der Waals surface area contributed by atoms with Gasteiger partial charge in [0.05, 0.1) is 24.4 Å². The molecule has 4 rings (SSSR count). The van der Waals surface area contributed by atoms with E-state index in [1.165, 1.54) is 7.11 Å². The van der Waals surface area contributed by atoms with Gasteiger partial charge in [-0.2, -0.15) is 5.26 Å². The van der Waals surface area contributed by atoms with Gasteiger partial charge >= 0.3 is 0 Å². The summed E-state index contributed by atoms with van der Waals surface area (Å²) in [5, 5.41) is 15.6. The highest BCUT2D eigenvalue weighted by Crippen LogP contribution is 2.38. The van der Waals surface area contributed by atoms with E-state index in [0.717, 1.165) is 18.9 Å². The molecule has 2 heterocycles. The van der Waals surface area contributed by atoms with Crippen molar-refractivity contribution in [2.24, 2.45) is 17.8 Å². The van der Waals surface area contributed by atoms with Gasteiger partial charge in [0, 0.05) is 35.2 Å². The van der Waals surface area contributed by atoms with Gasteiger partial charge in [-0.1, -0.05) is 24.4 Å². The van der Waals surface area contributed by atoms with Crippen molar-refractivity contribution in [2.75, 3.05) is 7.11 Å². The number of halogens is 2. The minimum Gasteiger partial charge on any atom is -0.496 e. The van der Waals surface area contributed by atoms with Crippen molar-refractivity contribution >= 4 is 40.1 Å². The summed E-state index contributed by atoms with van der Waals surface area (Å²) < 4.78 is 19.3. The van der Waals surface area contributed by atoms with Crippen LogP contribution in [0.4, 0.5) is 4.39 Å². The monoisotopic (exact) mass is 516 g/mol. The van der Waals surface area contributed by atoms with Crippen LogP contribution in [-0.2, 0) is 9.59 Å². The van der Waals surface area contributed by atoms with Crippen molar-refractivity contribution in [1.29, 1.82) is 5.26 Å². The molecule has 1 saturated carbocycles. The van der Waals surface area contributed by atoms with E-state index in [4.69, 9.17) is 16.3 Å². The van der Waals surface area contributed by atoms with Crippen LogP contribution in [0.2, 0.25) is 5.02 Å². The molecule has 1 aliphatic carbocycles. The summed E-state index contributed by atoms with van der Waals surface area (Å²) in [6, 6.07) is 3.96. The predicted molar refractivity (Wildman–Crippen MR) is 132 cm³/mol. The maximum atomic E-state index is 14.1. The fourth-order valence-electron chi connectivity index (χ4n) is 4.99. The number of benzene rings is 1. The largest absolute Gasteiger partial charge is 0.496 e. The van der Waals surface area contributed by atoms with Gasteiger partial charge in [-0.25, -0.2) is 4.39 Å². The Morgan fingerprint density at radius 3 is 2.64 bits per heavy atom. The molecule has 1 aromatic heterocycles. The fourth-order valence-corrected chi connectivity index (χ4v) is 5.20. The van der Waals surface area contributed by atoms with Crippen LogP contribution in [0.3, 0.4) is 0 Å². The summed E-state index contributed by atoms with van der Waals surface area (Å²) in [6.45, 7) is 3.84. The maximum Gasteiger partial charge on any atom is 0.224 e. The molecule has 2 aliphatic rings. The number of hydrogen-bond acceptors (Lipinski definition) is 5. The Labute approximate surface area is 213 Å². The van der Waals surface area contributed by atoms with Crippen molar-refractivity contribution in [1.82, 2.24) is 15.6 Å². The molecule has 3 atom stereocenters. The molecule has 8 nitrogen and oxygen atoms in total. The number of Topliss-reactive ketones (excluding diaryl/α,β-unsaturated/α-hetero) is 1. The zero-order valence-corrected chi connectivity index (χ0v) is 21.3. The van der Waals surface area contributed by atoms with Gasteiger partial charge in [0.15, 0.2) is 5.78 Å². The third kappa shape index (κ3) is 5.65. The average molecular weight is 517 g/mol. The second-order valence-corrected chi connectivity index (χ2v) is 10.9. The van der Waals surface area contributed by atoms with Crippen LogP contribution in [0.5, 0.6) is 5.75 Å². The van der Waals surface area contributed by atoms with E-state index in [9.17, 15) is 24.0 Å². The van der Waals surface area contributed by atoms with E-state index in [0.29, 0.717) is 24.1 Å². The zero-order chi connectivity index (χ0) is 26.2. The van der Waals surface area contributed by atoms with Crippen LogP contribution in [0.25, 0.3) is 10.9 Å². The number of carbonyl (C=O) groups excluding carboxylic acids is 3. The summed E-state index contributed by atoms with van der Waals surface area (Å²) in [5.41, 5.74) is 0.106. The first kappa shape index (κ1) is 26.0. The highest BCUT2D eigenvalue weighted by molar-refractivity contribution is 6.35. The minimum absolute atomic E-state index is 0.0767. The van der Waals surface area contributed by atoms with Crippen LogP contribution in [-0.4, -0.2) is 41.3 Å². The van der Waals surface area contributed by atoms with Gasteiger partial charge in [-0.05, 0) is 45.1 Å². The quantitative estimate of drug-likeness (QED) is 0.407. The number of ketones is 1. The van der Waals surface area contributed by atoms with E-state index in [1.807, 2.05) is 13.8 Å². The Morgan fingerprint density at radius 1 is 1.33 bits per heavy atom. The van der Waals surface area contributed by atoms with Crippen molar-refractivity contribution in [3.05, 3.63) is 28.7 Å². The van der Waals surface area contributed by atoms with Gasteiger partial charge in [0.25, 0.3) is 0 Å². The summed E-state index contributed by atoms with van der Waals surface area (Å²) in [6.07, 6.45) is 3.24. The van der Waals surface area contributed by atoms with Gasteiger partial charge in [-0.15, -0.1) is 0 Å². The topological polar surface area (TPSA) is 124 Å². The third-order valence-electron chi connectivity index (χ3n) is 6.99. The number of nitriles is 1. The number of amides is 2. The van der Waals surface area contributed by atoms with E-state index >= 15 is 0 Å².